The number of aromatic nitrogens is 4. The molecule has 0 atom stereocenters. The third-order valence-electron chi connectivity index (χ3n) is 26.2. The molecule has 123 heavy (non-hydrogen) atoms. The van der Waals surface area contributed by atoms with Gasteiger partial charge in [-0.3, -0.25) is 0 Å². The molecule has 4 heterocycles. The summed E-state index contributed by atoms with van der Waals surface area (Å²) >= 11 is 0. The number of hydrogen-bond acceptors (Lipinski definition) is 0. The smallest absolute Gasteiger partial charge is 0.0547 e. The summed E-state index contributed by atoms with van der Waals surface area (Å²) in [6.45, 7) is 4.71. The summed E-state index contributed by atoms with van der Waals surface area (Å²) < 4.78 is 9.71. The maximum Gasteiger partial charge on any atom is 0.0547 e. The van der Waals surface area contributed by atoms with E-state index in [1.165, 1.54) is 215 Å². The largest absolute Gasteiger partial charge is 0.309 e. The van der Waals surface area contributed by atoms with Gasteiger partial charge in [0.25, 0.3) is 0 Å². The van der Waals surface area contributed by atoms with Crippen LogP contribution in [0.25, 0.3) is 221 Å². The molecule has 0 radical (unpaired) electrons. The van der Waals surface area contributed by atoms with Crippen LogP contribution in [-0.4, -0.2) is 18.3 Å². The summed E-state index contributed by atoms with van der Waals surface area (Å²) in [7, 11) is 0. The third kappa shape index (κ3) is 12.0. The van der Waals surface area contributed by atoms with Gasteiger partial charge in [0.1, 0.15) is 0 Å². The molecule has 4 heteroatoms. The minimum atomic E-state index is -0.0599. The third-order valence-corrected chi connectivity index (χ3v) is 26.2. The van der Waals surface area contributed by atoms with Crippen molar-refractivity contribution in [2.45, 2.75) is 19.3 Å². The normalized spacial score (nSPS) is 12.4. The zero-order chi connectivity index (χ0) is 81.4. The molecule has 24 aromatic rings. The highest BCUT2D eigenvalue weighted by atomic mass is 15.0. The first-order valence-electron chi connectivity index (χ1n) is 42.7. The highest BCUT2D eigenvalue weighted by molar-refractivity contribution is 6.15. The number of hydrogen-bond donors (Lipinski definition) is 0. The summed E-state index contributed by atoms with van der Waals surface area (Å²) in [5.74, 6) is 0. The molecular weight excluding hydrogens is 1490 g/mol. The van der Waals surface area contributed by atoms with E-state index < -0.39 is 0 Å². The predicted molar refractivity (Wildman–Crippen MR) is 521 cm³/mol. The van der Waals surface area contributed by atoms with E-state index in [-0.39, 0.29) is 5.41 Å². The Labute approximate surface area is 713 Å². The lowest BCUT2D eigenvalue weighted by Crippen LogP contribution is -2.15. The van der Waals surface area contributed by atoms with Gasteiger partial charge in [0.2, 0.25) is 0 Å². The van der Waals surface area contributed by atoms with Crippen molar-refractivity contribution >= 4 is 109 Å². The van der Waals surface area contributed by atoms with Gasteiger partial charge in [0.05, 0.1) is 44.1 Å². The molecule has 0 N–H and O–H groups in total. The lowest BCUT2D eigenvalue weighted by atomic mass is 9.82. The van der Waals surface area contributed by atoms with Crippen molar-refractivity contribution in [3.05, 3.63) is 460 Å². The quantitative estimate of drug-likeness (QED) is 0.123. The second-order valence-electron chi connectivity index (χ2n) is 33.5. The Hall–Kier alpha value is -15.9. The number of nitrogens with zero attached hydrogens (tertiary/aromatic N) is 4. The maximum atomic E-state index is 2.45. The summed E-state index contributed by atoms with van der Waals surface area (Å²) in [6, 6.07) is 165. The fourth-order valence-corrected chi connectivity index (χ4v) is 20.1. The highest BCUT2D eigenvalue weighted by Crippen LogP contribution is 2.51. The lowest BCUT2D eigenvalue weighted by Gasteiger charge is -2.22. The van der Waals surface area contributed by atoms with Crippen LogP contribution in [0.5, 0.6) is 0 Å². The number of benzene rings is 20. The van der Waals surface area contributed by atoms with Crippen LogP contribution in [0.15, 0.2) is 449 Å². The molecule has 25 rings (SSSR count). The maximum absolute atomic E-state index is 2.45. The highest BCUT2D eigenvalue weighted by Gasteiger charge is 2.36. The molecule has 0 spiro atoms. The van der Waals surface area contributed by atoms with Crippen LogP contribution in [0, 0.1) is 0 Å². The summed E-state index contributed by atoms with van der Waals surface area (Å²) in [4.78, 5) is 0. The number of fused-ring (bicyclic) bond motifs is 17. The first kappa shape index (κ1) is 71.2. The molecule has 0 saturated carbocycles. The molecule has 1 aliphatic carbocycles. The van der Waals surface area contributed by atoms with Crippen LogP contribution < -0.4 is 0 Å². The Kier molecular flexibility index (Phi) is 16.6. The Morgan fingerprint density at radius 1 is 0.146 bits per heavy atom. The van der Waals surface area contributed by atoms with E-state index in [1.54, 1.807) is 0 Å². The van der Waals surface area contributed by atoms with E-state index in [0.29, 0.717) is 0 Å². The lowest BCUT2D eigenvalue weighted by molar-refractivity contribution is 0.660. The average Bonchev–Trinajstić information content (AvgIpc) is 1.55. The summed E-state index contributed by atoms with van der Waals surface area (Å²) in [5, 5.41) is 15.0. The Balaban J connectivity index is 0.000000139. The number of rotatable bonds is 11. The molecule has 0 unspecified atom stereocenters. The fraction of sp³-hybridized carbons (Fsp3) is 0.0252. The molecule has 1 aliphatic rings. The van der Waals surface area contributed by atoms with E-state index in [9.17, 15) is 0 Å². The molecule has 0 bridgehead atoms. The summed E-state index contributed by atoms with van der Waals surface area (Å²) in [5.41, 5.74) is 36.8. The SMILES string of the molecule is CC1(C)c2ccccc2-c2ccc(-n3c4ccccc4c4cc(-c5ccc(-c6ccc7c8ccccc8n(-c8ccc9cc(-c%10ccccc%10)ccc9c8)c7c6)cc5)ccc43)cc21.c1ccc(-c2cccc(-n3c4ccccc4c4cc(-c5ccc(-c6ccc7c8ccccc8n(-c8ccc9cc(-c%10ccccc%10)ccc9c8)c7c6)cc5)ccc43)c2)cc1. The first-order valence-corrected chi connectivity index (χ1v) is 42.7. The second kappa shape index (κ2) is 28.7. The van der Waals surface area contributed by atoms with Crippen molar-refractivity contribution in [2.24, 2.45) is 0 Å². The van der Waals surface area contributed by atoms with E-state index in [0.717, 1.165) is 17.1 Å². The molecule has 0 aliphatic heterocycles. The molecule has 576 valence electrons. The van der Waals surface area contributed by atoms with Gasteiger partial charge in [-0.15, -0.1) is 0 Å². The van der Waals surface area contributed by atoms with Crippen molar-refractivity contribution in [2.75, 3.05) is 0 Å². The minimum absolute atomic E-state index is 0.0599. The predicted octanol–water partition coefficient (Wildman–Crippen LogP) is 32.0. The molecule has 20 aromatic carbocycles. The van der Waals surface area contributed by atoms with Gasteiger partial charge in [-0.25, -0.2) is 0 Å². The van der Waals surface area contributed by atoms with Gasteiger partial charge >= 0.3 is 0 Å². The fourth-order valence-electron chi connectivity index (χ4n) is 20.1. The molecular formula is C119H80N4. The second-order valence-corrected chi connectivity index (χ2v) is 33.5. The van der Waals surface area contributed by atoms with Crippen LogP contribution in [0.3, 0.4) is 0 Å². The monoisotopic (exact) mass is 1560 g/mol. The molecule has 0 amide bonds. The van der Waals surface area contributed by atoms with Gasteiger partial charge < -0.3 is 18.3 Å². The first-order chi connectivity index (χ1) is 60.7. The van der Waals surface area contributed by atoms with E-state index in [2.05, 4.69) is 481 Å². The van der Waals surface area contributed by atoms with Crippen molar-refractivity contribution in [3.63, 3.8) is 0 Å². The van der Waals surface area contributed by atoms with Crippen molar-refractivity contribution in [1.82, 2.24) is 18.3 Å². The Morgan fingerprint density at radius 2 is 0.423 bits per heavy atom. The molecule has 4 aromatic heterocycles. The number of para-hydroxylation sites is 4. The Bertz CT molecular complexity index is 8360. The van der Waals surface area contributed by atoms with Crippen LogP contribution in [0.1, 0.15) is 25.0 Å². The van der Waals surface area contributed by atoms with Crippen LogP contribution >= 0.6 is 0 Å². The molecule has 4 nitrogen and oxygen atoms in total. The molecule has 0 fully saturated rings. The zero-order valence-electron chi connectivity index (χ0n) is 68.0. The van der Waals surface area contributed by atoms with Gasteiger partial charge in [-0.05, 0) is 243 Å². The van der Waals surface area contributed by atoms with Crippen LogP contribution in [0.4, 0.5) is 0 Å². The van der Waals surface area contributed by atoms with E-state index in [1.807, 2.05) is 0 Å². The van der Waals surface area contributed by atoms with Crippen molar-refractivity contribution in [3.8, 4) is 112 Å². The van der Waals surface area contributed by atoms with Crippen molar-refractivity contribution < 1.29 is 0 Å². The molecule has 0 saturated heterocycles. The van der Waals surface area contributed by atoms with Crippen LogP contribution in [-0.2, 0) is 5.41 Å². The van der Waals surface area contributed by atoms with Crippen LogP contribution in [0.2, 0.25) is 0 Å². The van der Waals surface area contributed by atoms with Gasteiger partial charge in [-0.2, -0.15) is 0 Å². The van der Waals surface area contributed by atoms with Gasteiger partial charge in [-0.1, -0.05) is 341 Å². The average molecular weight is 1570 g/mol. The van der Waals surface area contributed by atoms with E-state index in [4.69, 9.17) is 0 Å². The van der Waals surface area contributed by atoms with Gasteiger partial charge in [0.15, 0.2) is 0 Å². The Morgan fingerprint density at radius 3 is 0.878 bits per heavy atom. The van der Waals surface area contributed by atoms with Gasteiger partial charge in [0, 0.05) is 71.3 Å². The standard InChI is InChI=1S/C61H42N2.C58H38N2/c1-61(2)55-17-9-6-14-49(55)50-32-30-48(38-56(50)61)62-58-19-11-8-16-52(58)54-36-45(28-33-59(54)62)40-20-22-41(23-21-40)46-27-31-53-51-15-7-10-18-57(51)63(60(53)37-46)47-29-26-43-34-42(24-25-44(43)35-47)39-12-4-3-5-13-39;1-3-12-39(13-4-1)43-16-11-17-49(35-43)59-56-21-10-8-19-52(56)54-37-47(30-33-57(54)59)41-22-24-42(25-23-41)48-29-32-53-51-18-7-9-20-55(51)60(58(53)38-48)50-31-28-45-34-44(26-27-46(45)36-50)40-14-5-2-6-15-40/h3-38H,1-2H3;1-38H. The van der Waals surface area contributed by atoms with E-state index >= 15 is 0 Å². The minimum Gasteiger partial charge on any atom is -0.309 e. The summed E-state index contributed by atoms with van der Waals surface area (Å²) in [6.07, 6.45) is 0. The topological polar surface area (TPSA) is 19.7 Å². The van der Waals surface area contributed by atoms with Crippen molar-refractivity contribution in [1.29, 1.82) is 0 Å². The zero-order valence-corrected chi connectivity index (χ0v) is 68.0.